The Kier molecular flexibility index (Phi) is 4.34. The molecule has 0 saturated carbocycles. The van der Waals surface area contributed by atoms with E-state index in [1.807, 2.05) is 23.7 Å². The van der Waals surface area contributed by atoms with E-state index in [1.165, 1.54) is 0 Å². The maximum atomic E-state index is 8.95. The molecule has 0 radical (unpaired) electrons. The van der Waals surface area contributed by atoms with Gasteiger partial charge in [0.1, 0.15) is 5.01 Å². The van der Waals surface area contributed by atoms with Crippen molar-refractivity contribution in [3.63, 3.8) is 0 Å². The van der Waals surface area contributed by atoms with Gasteiger partial charge in [-0.05, 0) is 24.6 Å². The van der Waals surface area contributed by atoms with Crippen LogP contribution in [0.1, 0.15) is 30.0 Å². The molecule has 0 aliphatic heterocycles. The summed E-state index contributed by atoms with van der Waals surface area (Å²) in [6, 6.07) is 7.96. The molecule has 5 heteroatoms. The fourth-order valence-electron chi connectivity index (χ4n) is 1.68. The molecule has 0 saturated heterocycles. The molecule has 0 aliphatic carbocycles. The molecule has 2 rings (SSSR count). The Morgan fingerprint density at radius 2 is 2.33 bits per heavy atom. The van der Waals surface area contributed by atoms with Crippen LogP contribution < -0.4 is 5.32 Å². The van der Waals surface area contributed by atoms with Gasteiger partial charge >= 0.3 is 0 Å². The van der Waals surface area contributed by atoms with E-state index in [4.69, 9.17) is 5.26 Å². The lowest BCUT2D eigenvalue weighted by Crippen LogP contribution is -2.09. The fourth-order valence-corrected chi connectivity index (χ4v) is 2.95. The van der Waals surface area contributed by atoms with Gasteiger partial charge in [-0.1, -0.05) is 22.9 Å². The minimum Gasteiger partial charge on any atom is -0.376 e. The quantitative estimate of drug-likeness (QED) is 0.911. The van der Waals surface area contributed by atoms with Gasteiger partial charge in [-0.2, -0.15) is 5.26 Å². The number of benzene rings is 1. The van der Waals surface area contributed by atoms with Crippen molar-refractivity contribution in [3.8, 4) is 6.07 Å². The first kappa shape index (κ1) is 13.1. The summed E-state index contributed by atoms with van der Waals surface area (Å²) >= 11 is 5.05. The predicted octanol–water partition coefficient (Wildman–Crippen LogP) is 4.34. The average molecular weight is 322 g/mol. The van der Waals surface area contributed by atoms with Crippen LogP contribution in [0.4, 0.5) is 5.69 Å². The van der Waals surface area contributed by atoms with E-state index < -0.39 is 0 Å². The Labute approximate surface area is 119 Å². The molecule has 92 valence electrons. The summed E-state index contributed by atoms with van der Waals surface area (Å²) in [5, 5.41) is 15.4. The lowest BCUT2D eigenvalue weighted by atomic mass is 10.2. The Bertz CT molecular complexity index is 560. The molecule has 3 nitrogen and oxygen atoms in total. The van der Waals surface area contributed by atoms with Crippen LogP contribution in [0, 0.1) is 11.3 Å². The molecule has 1 heterocycles. The molecule has 1 N–H and O–H groups in total. The van der Waals surface area contributed by atoms with Gasteiger partial charge in [0.15, 0.2) is 0 Å². The van der Waals surface area contributed by atoms with Crippen LogP contribution in [0.25, 0.3) is 0 Å². The van der Waals surface area contributed by atoms with Gasteiger partial charge < -0.3 is 5.32 Å². The second-order valence-corrected chi connectivity index (χ2v) is 5.66. The third-order valence-electron chi connectivity index (χ3n) is 2.53. The zero-order valence-corrected chi connectivity index (χ0v) is 12.3. The lowest BCUT2D eigenvalue weighted by Gasteiger charge is -2.16. The third kappa shape index (κ3) is 3.09. The van der Waals surface area contributed by atoms with E-state index in [0.29, 0.717) is 5.56 Å². The minimum atomic E-state index is 0.186. The first-order valence-electron chi connectivity index (χ1n) is 5.59. The summed E-state index contributed by atoms with van der Waals surface area (Å²) in [6.45, 7) is 2.11. The second-order valence-electron chi connectivity index (χ2n) is 3.82. The topological polar surface area (TPSA) is 48.7 Å². The van der Waals surface area contributed by atoms with Crippen molar-refractivity contribution < 1.29 is 0 Å². The number of nitrogens with one attached hydrogen (secondary N) is 1. The van der Waals surface area contributed by atoms with Crippen molar-refractivity contribution in [3.05, 3.63) is 44.8 Å². The molecule has 1 aromatic carbocycles. The molecule has 0 aliphatic rings. The summed E-state index contributed by atoms with van der Waals surface area (Å²) in [7, 11) is 0. The maximum Gasteiger partial charge on any atom is 0.115 e. The summed E-state index contributed by atoms with van der Waals surface area (Å²) in [6.07, 6.45) is 2.76. The maximum absolute atomic E-state index is 8.95. The first-order chi connectivity index (χ1) is 8.72. The molecule has 2 aromatic rings. The summed E-state index contributed by atoms with van der Waals surface area (Å²) < 4.78 is 0.901. The van der Waals surface area contributed by atoms with Crippen molar-refractivity contribution >= 4 is 33.0 Å². The average Bonchev–Trinajstić information content (AvgIpc) is 2.89. The van der Waals surface area contributed by atoms with E-state index in [9.17, 15) is 0 Å². The molecule has 0 spiro atoms. The molecule has 0 bridgehead atoms. The first-order valence-corrected chi connectivity index (χ1v) is 7.26. The number of nitriles is 1. The highest BCUT2D eigenvalue weighted by atomic mass is 79.9. The third-order valence-corrected chi connectivity index (χ3v) is 3.87. The number of anilines is 1. The van der Waals surface area contributed by atoms with Crippen molar-refractivity contribution in [2.75, 3.05) is 5.32 Å². The largest absolute Gasteiger partial charge is 0.376 e. The van der Waals surface area contributed by atoms with Gasteiger partial charge in [0.2, 0.25) is 0 Å². The second kappa shape index (κ2) is 5.98. The number of aromatic nitrogens is 1. The highest BCUT2D eigenvalue weighted by molar-refractivity contribution is 9.10. The number of hydrogen-bond donors (Lipinski definition) is 1. The molecule has 0 amide bonds. The summed E-state index contributed by atoms with van der Waals surface area (Å²) in [4.78, 5) is 4.33. The fraction of sp³-hybridized carbons (Fsp3) is 0.231. The van der Waals surface area contributed by atoms with Crippen molar-refractivity contribution in [2.24, 2.45) is 0 Å². The summed E-state index contributed by atoms with van der Waals surface area (Å²) in [5.41, 5.74) is 1.57. The zero-order valence-electron chi connectivity index (χ0n) is 9.85. The molecule has 18 heavy (non-hydrogen) atoms. The van der Waals surface area contributed by atoms with Crippen molar-refractivity contribution in [1.29, 1.82) is 5.26 Å². The molecule has 0 fully saturated rings. The Morgan fingerprint density at radius 1 is 1.50 bits per heavy atom. The van der Waals surface area contributed by atoms with E-state index in [1.54, 1.807) is 17.4 Å². The van der Waals surface area contributed by atoms with Gasteiger partial charge in [-0.3, -0.25) is 0 Å². The molecule has 1 aromatic heterocycles. The highest BCUT2D eigenvalue weighted by Crippen LogP contribution is 2.26. The number of thiazole rings is 1. The Hall–Kier alpha value is -1.38. The van der Waals surface area contributed by atoms with E-state index >= 15 is 0 Å². The van der Waals surface area contributed by atoms with Gasteiger partial charge in [0, 0.05) is 21.7 Å². The standard InChI is InChI=1S/C13H12BrN3S/c1-2-12(13-16-3-4-18-13)17-11-6-9(8-15)5-10(14)7-11/h3-7,12,17H,2H2,1H3. The van der Waals surface area contributed by atoms with Gasteiger partial charge in [0.25, 0.3) is 0 Å². The van der Waals surface area contributed by atoms with Crippen LogP contribution in [-0.2, 0) is 0 Å². The number of nitrogens with zero attached hydrogens (tertiary/aromatic N) is 2. The number of rotatable bonds is 4. The smallest absolute Gasteiger partial charge is 0.115 e. The van der Waals surface area contributed by atoms with Gasteiger partial charge in [-0.25, -0.2) is 4.98 Å². The van der Waals surface area contributed by atoms with E-state index in [0.717, 1.165) is 21.6 Å². The van der Waals surface area contributed by atoms with E-state index in [-0.39, 0.29) is 6.04 Å². The minimum absolute atomic E-state index is 0.186. The molecule has 1 atom stereocenters. The normalized spacial score (nSPS) is 11.8. The van der Waals surface area contributed by atoms with Gasteiger partial charge in [0.05, 0.1) is 17.7 Å². The Balaban J connectivity index is 2.22. The number of halogens is 1. The van der Waals surface area contributed by atoms with Crippen LogP contribution in [-0.4, -0.2) is 4.98 Å². The summed E-state index contributed by atoms with van der Waals surface area (Å²) in [5.74, 6) is 0. The SMILES string of the molecule is CCC(Nc1cc(Br)cc(C#N)c1)c1nccs1. The highest BCUT2D eigenvalue weighted by Gasteiger charge is 2.12. The van der Waals surface area contributed by atoms with Crippen LogP contribution in [0.3, 0.4) is 0 Å². The Morgan fingerprint density at radius 3 is 2.94 bits per heavy atom. The zero-order chi connectivity index (χ0) is 13.0. The van der Waals surface area contributed by atoms with Crippen molar-refractivity contribution in [1.82, 2.24) is 4.98 Å². The van der Waals surface area contributed by atoms with E-state index in [2.05, 4.69) is 39.2 Å². The predicted molar refractivity (Wildman–Crippen MR) is 77.6 cm³/mol. The number of hydrogen-bond acceptors (Lipinski definition) is 4. The van der Waals surface area contributed by atoms with Crippen LogP contribution in [0.5, 0.6) is 0 Å². The van der Waals surface area contributed by atoms with Crippen LogP contribution in [0.2, 0.25) is 0 Å². The lowest BCUT2D eigenvalue weighted by molar-refractivity contribution is 0.742. The molecule has 1 unspecified atom stereocenters. The van der Waals surface area contributed by atoms with Gasteiger partial charge in [-0.15, -0.1) is 11.3 Å². The molecular formula is C13H12BrN3S. The van der Waals surface area contributed by atoms with Crippen LogP contribution in [0.15, 0.2) is 34.2 Å². The molecular weight excluding hydrogens is 310 g/mol. The van der Waals surface area contributed by atoms with Crippen molar-refractivity contribution in [2.45, 2.75) is 19.4 Å². The van der Waals surface area contributed by atoms with Crippen LogP contribution >= 0.6 is 27.3 Å². The monoisotopic (exact) mass is 321 g/mol.